The van der Waals surface area contributed by atoms with Crippen LogP contribution in [-0.2, 0) is 9.59 Å². The minimum Gasteiger partial charge on any atom is -0.497 e. The van der Waals surface area contributed by atoms with Crippen molar-refractivity contribution in [1.29, 1.82) is 0 Å². The Labute approximate surface area is 125 Å². The number of benzene rings is 1. The minimum absolute atomic E-state index is 0.241. The van der Waals surface area contributed by atoms with Gasteiger partial charge in [0, 0.05) is 16.2 Å². The summed E-state index contributed by atoms with van der Waals surface area (Å²) in [5, 5.41) is 11.9. The molecule has 0 spiro atoms. The second kappa shape index (κ2) is 6.26. The van der Waals surface area contributed by atoms with Crippen molar-refractivity contribution in [2.24, 2.45) is 11.8 Å². The van der Waals surface area contributed by atoms with Crippen molar-refractivity contribution < 1.29 is 19.4 Å². The summed E-state index contributed by atoms with van der Waals surface area (Å²) in [6, 6.07) is 5.24. The molecule has 2 rings (SSSR count). The highest BCUT2D eigenvalue weighted by Gasteiger charge is 2.37. The van der Waals surface area contributed by atoms with E-state index >= 15 is 0 Å². The Balaban J connectivity index is 2.11. The number of carboxylic acid groups (broad SMARTS) is 1. The highest BCUT2D eigenvalue weighted by Crippen LogP contribution is 2.33. The van der Waals surface area contributed by atoms with E-state index in [2.05, 4.69) is 21.2 Å². The van der Waals surface area contributed by atoms with Gasteiger partial charge in [-0.1, -0.05) is 22.4 Å². The third kappa shape index (κ3) is 3.30. The molecule has 6 heteroatoms. The number of hydrogen-bond acceptors (Lipinski definition) is 3. The fourth-order valence-corrected chi connectivity index (χ4v) is 3.03. The molecule has 1 fully saturated rings. The van der Waals surface area contributed by atoms with Crippen molar-refractivity contribution in [3.05, 3.63) is 22.7 Å². The van der Waals surface area contributed by atoms with Gasteiger partial charge in [0.25, 0.3) is 0 Å². The summed E-state index contributed by atoms with van der Waals surface area (Å²) in [5.41, 5.74) is 0.595. The predicted molar refractivity (Wildman–Crippen MR) is 77.8 cm³/mol. The fraction of sp³-hybridized carbons (Fsp3) is 0.429. The molecule has 1 amide bonds. The molecule has 0 radical (unpaired) electrons. The first-order chi connectivity index (χ1) is 9.51. The summed E-state index contributed by atoms with van der Waals surface area (Å²) < 4.78 is 5.91. The molecule has 1 aliphatic rings. The number of nitrogens with one attached hydrogen (secondary N) is 1. The van der Waals surface area contributed by atoms with E-state index in [0.29, 0.717) is 24.3 Å². The molecule has 2 unspecified atom stereocenters. The van der Waals surface area contributed by atoms with Gasteiger partial charge in [-0.3, -0.25) is 9.59 Å². The number of hydrogen-bond donors (Lipinski definition) is 2. The molecule has 20 heavy (non-hydrogen) atoms. The van der Waals surface area contributed by atoms with E-state index in [0.717, 1.165) is 10.9 Å². The Hall–Kier alpha value is -1.56. The van der Waals surface area contributed by atoms with E-state index in [1.165, 1.54) is 0 Å². The van der Waals surface area contributed by atoms with Gasteiger partial charge in [0.15, 0.2) is 0 Å². The van der Waals surface area contributed by atoms with Crippen molar-refractivity contribution >= 4 is 33.5 Å². The minimum atomic E-state index is -0.894. The van der Waals surface area contributed by atoms with Crippen molar-refractivity contribution in [1.82, 2.24) is 0 Å². The van der Waals surface area contributed by atoms with Crippen molar-refractivity contribution in [3.8, 4) is 5.75 Å². The lowest BCUT2D eigenvalue weighted by Gasteiger charge is -2.16. The topological polar surface area (TPSA) is 75.6 Å². The van der Waals surface area contributed by atoms with E-state index in [4.69, 9.17) is 9.84 Å². The molecule has 0 saturated heterocycles. The number of carbonyl (C=O) groups excluding carboxylic acids is 1. The maximum absolute atomic E-state index is 12.2. The number of halogens is 1. The fourth-order valence-electron chi connectivity index (χ4n) is 2.56. The second-order valence-electron chi connectivity index (χ2n) is 4.85. The zero-order valence-electron chi connectivity index (χ0n) is 11.1. The third-order valence-corrected chi connectivity index (χ3v) is 4.00. The highest BCUT2D eigenvalue weighted by atomic mass is 79.9. The second-order valence-corrected chi connectivity index (χ2v) is 5.77. The Morgan fingerprint density at radius 2 is 2.00 bits per heavy atom. The Kier molecular flexibility index (Phi) is 4.65. The molecule has 0 bridgehead atoms. The molecular weight excluding hydrogens is 326 g/mol. The van der Waals surface area contributed by atoms with Crippen LogP contribution in [0.3, 0.4) is 0 Å². The predicted octanol–water partition coefficient (Wildman–Crippen LogP) is 2.90. The summed E-state index contributed by atoms with van der Waals surface area (Å²) in [6.07, 6.45) is 1.96. The Morgan fingerprint density at radius 1 is 1.30 bits per heavy atom. The number of ether oxygens (including phenoxy) is 1. The van der Waals surface area contributed by atoms with Gasteiger partial charge in [0.05, 0.1) is 18.9 Å². The molecule has 1 aromatic rings. The monoisotopic (exact) mass is 341 g/mol. The molecule has 2 N–H and O–H groups in total. The highest BCUT2D eigenvalue weighted by molar-refractivity contribution is 9.10. The van der Waals surface area contributed by atoms with Crippen molar-refractivity contribution in [2.75, 3.05) is 12.4 Å². The van der Waals surface area contributed by atoms with Crippen LogP contribution in [0, 0.1) is 11.8 Å². The van der Waals surface area contributed by atoms with Crippen LogP contribution in [0.15, 0.2) is 22.7 Å². The van der Waals surface area contributed by atoms with Gasteiger partial charge in [-0.2, -0.15) is 0 Å². The largest absolute Gasteiger partial charge is 0.497 e. The number of carbonyl (C=O) groups is 2. The molecule has 0 aliphatic heterocycles. The zero-order valence-corrected chi connectivity index (χ0v) is 12.6. The molecule has 5 nitrogen and oxygen atoms in total. The molecule has 0 aromatic heterocycles. The SMILES string of the molecule is COc1cc(Br)cc(NC(=O)C2CCCC2C(=O)O)c1. The summed E-state index contributed by atoms with van der Waals surface area (Å²) in [4.78, 5) is 23.3. The normalized spacial score (nSPS) is 21.5. The van der Waals surface area contributed by atoms with Gasteiger partial charge in [-0.05, 0) is 25.0 Å². The van der Waals surface area contributed by atoms with Crippen LogP contribution in [0.5, 0.6) is 5.75 Å². The first-order valence-electron chi connectivity index (χ1n) is 6.39. The molecule has 2 atom stereocenters. The number of amides is 1. The van der Waals surface area contributed by atoms with Crippen molar-refractivity contribution in [2.45, 2.75) is 19.3 Å². The first kappa shape index (κ1) is 14.8. The van der Waals surface area contributed by atoms with Gasteiger partial charge in [-0.15, -0.1) is 0 Å². The molecule has 1 aliphatic carbocycles. The average molecular weight is 342 g/mol. The number of aliphatic carboxylic acids is 1. The van der Waals surface area contributed by atoms with Crippen LogP contribution in [0.2, 0.25) is 0 Å². The van der Waals surface area contributed by atoms with Crippen LogP contribution >= 0.6 is 15.9 Å². The summed E-state index contributed by atoms with van der Waals surface area (Å²) in [6.45, 7) is 0. The van der Waals surface area contributed by atoms with Crippen LogP contribution in [0.25, 0.3) is 0 Å². The quantitative estimate of drug-likeness (QED) is 0.882. The Bertz CT molecular complexity index is 532. The lowest BCUT2D eigenvalue weighted by Crippen LogP contribution is -2.29. The van der Waals surface area contributed by atoms with E-state index in [-0.39, 0.29) is 5.91 Å². The van der Waals surface area contributed by atoms with E-state index in [1.54, 1.807) is 25.3 Å². The van der Waals surface area contributed by atoms with Crippen molar-refractivity contribution in [3.63, 3.8) is 0 Å². The maximum Gasteiger partial charge on any atom is 0.307 e. The number of anilines is 1. The van der Waals surface area contributed by atoms with Gasteiger partial charge in [-0.25, -0.2) is 0 Å². The zero-order chi connectivity index (χ0) is 14.7. The first-order valence-corrected chi connectivity index (χ1v) is 7.19. The van der Waals surface area contributed by atoms with Gasteiger partial charge in [0.2, 0.25) is 5.91 Å². The third-order valence-electron chi connectivity index (χ3n) is 3.54. The Morgan fingerprint density at radius 3 is 2.65 bits per heavy atom. The smallest absolute Gasteiger partial charge is 0.307 e. The molecule has 0 heterocycles. The summed E-state index contributed by atoms with van der Waals surface area (Å²) in [7, 11) is 1.55. The van der Waals surface area contributed by atoms with E-state index in [9.17, 15) is 9.59 Å². The number of carboxylic acids is 1. The van der Waals surface area contributed by atoms with Gasteiger partial charge in [0.1, 0.15) is 5.75 Å². The van der Waals surface area contributed by atoms with E-state index < -0.39 is 17.8 Å². The molecule has 1 aromatic carbocycles. The van der Waals surface area contributed by atoms with Gasteiger partial charge >= 0.3 is 5.97 Å². The summed E-state index contributed by atoms with van der Waals surface area (Å²) in [5.74, 6) is -1.55. The summed E-state index contributed by atoms with van der Waals surface area (Å²) >= 11 is 3.34. The standard InChI is InChI=1S/C14H16BrNO4/c1-20-10-6-8(15)5-9(7-10)16-13(17)11-3-2-4-12(11)14(18)19/h5-7,11-12H,2-4H2,1H3,(H,16,17)(H,18,19). The maximum atomic E-state index is 12.2. The lowest BCUT2D eigenvalue weighted by molar-refractivity contribution is -0.145. The lowest BCUT2D eigenvalue weighted by atomic mass is 9.95. The molecular formula is C14H16BrNO4. The molecule has 1 saturated carbocycles. The van der Waals surface area contributed by atoms with Crippen LogP contribution in [-0.4, -0.2) is 24.1 Å². The average Bonchev–Trinajstić information content (AvgIpc) is 2.87. The van der Waals surface area contributed by atoms with Crippen LogP contribution < -0.4 is 10.1 Å². The van der Waals surface area contributed by atoms with Crippen LogP contribution in [0.1, 0.15) is 19.3 Å². The van der Waals surface area contributed by atoms with E-state index in [1.807, 2.05) is 0 Å². The number of methoxy groups -OCH3 is 1. The van der Waals surface area contributed by atoms with Gasteiger partial charge < -0.3 is 15.2 Å². The van der Waals surface area contributed by atoms with Crippen LogP contribution in [0.4, 0.5) is 5.69 Å². The molecule has 108 valence electrons. The number of rotatable bonds is 4.